The van der Waals surface area contributed by atoms with E-state index in [4.69, 9.17) is 9.26 Å². The lowest BCUT2D eigenvalue weighted by Crippen LogP contribution is -2.23. The van der Waals surface area contributed by atoms with Crippen molar-refractivity contribution in [1.82, 2.24) is 25.0 Å². The summed E-state index contributed by atoms with van der Waals surface area (Å²) >= 11 is 0. The molecule has 33 heavy (non-hydrogen) atoms. The van der Waals surface area contributed by atoms with Crippen LogP contribution in [-0.4, -0.2) is 65.9 Å². The van der Waals surface area contributed by atoms with Crippen molar-refractivity contribution < 1.29 is 22.5 Å². The first-order valence-electron chi connectivity index (χ1n) is 10.3. The van der Waals surface area contributed by atoms with Crippen molar-refractivity contribution in [1.29, 1.82) is 0 Å². The fourth-order valence-corrected chi connectivity index (χ4v) is 4.37. The average molecular weight is 473 g/mol. The highest BCUT2D eigenvalue weighted by Crippen LogP contribution is 2.34. The summed E-state index contributed by atoms with van der Waals surface area (Å²) in [6.45, 7) is 1.37. The maximum atomic E-state index is 11.9. The van der Waals surface area contributed by atoms with Crippen molar-refractivity contribution in [2.24, 2.45) is 0 Å². The van der Waals surface area contributed by atoms with Gasteiger partial charge in [-0.15, -0.1) is 0 Å². The molecule has 0 spiro atoms. The third-order valence-electron chi connectivity index (χ3n) is 5.31. The SMILES string of the molecule is COCC(=O)Nc1ncncc1-c1noc([C@H]2CCCN2Cc2ccc(S(C)(=O)=O)cc2)n1. The molecule has 0 bridgehead atoms. The average Bonchev–Trinajstić information content (AvgIpc) is 3.43. The number of likely N-dealkylation sites (tertiary alicyclic amines) is 1. The van der Waals surface area contributed by atoms with Crippen LogP contribution >= 0.6 is 0 Å². The van der Waals surface area contributed by atoms with Crippen LogP contribution in [0.2, 0.25) is 0 Å². The summed E-state index contributed by atoms with van der Waals surface area (Å²) in [6, 6.07) is 6.81. The number of nitrogens with one attached hydrogen (secondary N) is 1. The number of ether oxygens (including phenoxy) is 1. The Labute approximate surface area is 191 Å². The number of hydrogen-bond acceptors (Lipinski definition) is 10. The lowest BCUT2D eigenvalue weighted by molar-refractivity contribution is -0.119. The smallest absolute Gasteiger partial charge is 0.251 e. The quantitative estimate of drug-likeness (QED) is 0.516. The Morgan fingerprint density at radius 1 is 1.30 bits per heavy atom. The van der Waals surface area contributed by atoms with Crippen molar-refractivity contribution >= 4 is 21.6 Å². The number of sulfone groups is 1. The fourth-order valence-electron chi connectivity index (χ4n) is 3.74. The first-order valence-corrected chi connectivity index (χ1v) is 12.2. The Hall–Kier alpha value is -3.22. The number of benzene rings is 1. The largest absolute Gasteiger partial charge is 0.375 e. The van der Waals surface area contributed by atoms with Crippen molar-refractivity contribution in [3.8, 4) is 11.4 Å². The molecule has 174 valence electrons. The van der Waals surface area contributed by atoms with Gasteiger partial charge in [0.25, 0.3) is 5.91 Å². The van der Waals surface area contributed by atoms with Crippen molar-refractivity contribution in [3.05, 3.63) is 48.2 Å². The number of methoxy groups -OCH3 is 1. The molecular weight excluding hydrogens is 448 g/mol. The third kappa shape index (κ3) is 5.41. The van der Waals surface area contributed by atoms with Gasteiger partial charge in [-0.1, -0.05) is 17.3 Å². The lowest BCUT2D eigenvalue weighted by atomic mass is 10.2. The Kier molecular flexibility index (Phi) is 6.77. The molecule has 12 heteroatoms. The molecule has 3 aromatic rings. The topological polar surface area (TPSA) is 140 Å². The van der Waals surface area contributed by atoms with Gasteiger partial charge in [0.05, 0.1) is 16.5 Å². The molecule has 4 rings (SSSR count). The normalized spacial score (nSPS) is 16.7. The number of carbonyl (C=O) groups is 1. The highest BCUT2D eigenvalue weighted by Gasteiger charge is 2.31. The van der Waals surface area contributed by atoms with Gasteiger partial charge in [-0.25, -0.2) is 18.4 Å². The van der Waals surface area contributed by atoms with Crippen LogP contribution < -0.4 is 5.32 Å². The van der Waals surface area contributed by atoms with E-state index in [2.05, 4.69) is 30.3 Å². The monoisotopic (exact) mass is 472 g/mol. The molecule has 0 aliphatic carbocycles. The number of anilines is 1. The van der Waals surface area contributed by atoms with Crippen LogP contribution in [0.25, 0.3) is 11.4 Å². The van der Waals surface area contributed by atoms with Crippen LogP contribution in [0, 0.1) is 0 Å². The first kappa shape index (κ1) is 23.0. The van der Waals surface area contributed by atoms with E-state index in [-0.39, 0.29) is 30.2 Å². The van der Waals surface area contributed by atoms with Crippen molar-refractivity contribution in [3.63, 3.8) is 0 Å². The molecule has 1 N–H and O–H groups in total. The molecule has 3 heterocycles. The predicted octanol–water partition coefficient (Wildman–Crippen LogP) is 1.85. The summed E-state index contributed by atoms with van der Waals surface area (Å²) in [7, 11) is -1.80. The molecule has 1 atom stereocenters. The van der Waals surface area contributed by atoms with Crippen LogP contribution in [0.15, 0.2) is 46.2 Å². The second kappa shape index (κ2) is 9.73. The van der Waals surface area contributed by atoms with E-state index in [0.717, 1.165) is 24.9 Å². The van der Waals surface area contributed by atoms with Gasteiger partial charge in [-0.3, -0.25) is 9.69 Å². The molecule has 2 aromatic heterocycles. The summed E-state index contributed by atoms with van der Waals surface area (Å²) in [5.41, 5.74) is 1.44. The molecule has 1 saturated heterocycles. The van der Waals surface area contributed by atoms with Crippen LogP contribution in [0.4, 0.5) is 5.82 Å². The maximum absolute atomic E-state index is 11.9. The van der Waals surface area contributed by atoms with Gasteiger partial charge in [-0.2, -0.15) is 4.98 Å². The number of amides is 1. The zero-order valence-corrected chi connectivity index (χ0v) is 19.1. The molecule has 1 aromatic carbocycles. The molecule has 0 saturated carbocycles. The zero-order valence-electron chi connectivity index (χ0n) is 18.3. The number of nitrogens with zero attached hydrogens (tertiary/aromatic N) is 5. The molecule has 11 nitrogen and oxygen atoms in total. The van der Waals surface area contributed by atoms with E-state index in [9.17, 15) is 13.2 Å². The van der Waals surface area contributed by atoms with Gasteiger partial charge in [-0.05, 0) is 37.1 Å². The standard InChI is InChI=1S/C21H24N6O5S/c1-31-12-18(28)24-19-16(10-22-13-23-19)20-25-21(32-26-20)17-4-3-9-27(17)11-14-5-7-15(8-6-14)33(2,29)30/h5-8,10,13,17H,3-4,9,11-12H2,1-2H3,(H,22,23,24,28)/t17-/m1/s1. The number of aromatic nitrogens is 4. The third-order valence-corrected chi connectivity index (χ3v) is 6.44. The highest BCUT2D eigenvalue weighted by atomic mass is 32.2. The highest BCUT2D eigenvalue weighted by molar-refractivity contribution is 7.90. The summed E-state index contributed by atoms with van der Waals surface area (Å²) in [4.78, 5) is 27.1. The molecule has 1 aliphatic heterocycles. The van der Waals surface area contributed by atoms with E-state index < -0.39 is 9.84 Å². The fraction of sp³-hybridized carbons (Fsp3) is 0.381. The Bertz CT molecular complexity index is 1230. The minimum atomic E-state index is -3.23. The first-order chi connectivity index (χ1) is 15.8. The summed E-state index contributed by atoms with van der Waals surface area (Å²) in [5.74, 6) is 0.662. The maximum Gasteiger partial charge on any atom is 0.251 e. The van der Waals surface area contributed by atoms with Gasteiger partial charge < -0.3 is 14.6 Å². The summed E-state index contributed by atoms with van der Waals surface area (Å²) in [6.07, 6.45) is 5.85. The van der Waals surface area contributed by atoms with Crippen molar-refractivity contribution in [2.45, 2.75) is 30.3 Å². The molecule has 0 radical (unpaired) electrons. The zero-order chi connectivity index (χ0) is 23.4. The Balaban J connectivity index is 1.51. The van der Waals surface area contributed by atoms with Crippen LogP contribution in [0.1, 0.15) is 30.3 Å². The minimum Gasteiger partial charge on any atom is -0.375 e. The van der Waals surface area contributed by atoms with Crippen LogP contribution in [0.3, 0.4) is 0 Å². The van der Waals surface area contributed by atoms with Gasteiger partial charge in [0.1, 0.15) is 18.8 Å². The second-order valence-corrected chi connectivity index (χ2v) is 9.78. The number of rotatable bonds is 8. The van der Waals surface area contributed by atoms with E-state index in [1.54, 1.807) is 12.1 Å². The predicted molar refractivity (Wildman–Crippen MR) is 118 cm³/mol. The van der Waals surface area contributed by atoms with Gasteiger partial charge in [0, 0.05) is 26.1 Å². The Morgan fingerprint density at radius 3 is 2.82 bits per heavy atom. The molecule has 0 unspecified atom stereocenters. The van der Waals surface area contributed by atoms with E-state index >= 15 is 0 Å². The molecule has 1 fully saturated rings. The number of hydrogen-bond donors (Lipinski definition) is 1. The van der Waals surface area contributed by atoms with E-state index in [1.807, 2.05) is 12.1 Å². The van der Waals surface area contributed by atoms with Crippen molar-refractivity contribution in [2.75, 3.05) is 31.8 Å². The minimum absolute atomic E-state index is 0.0722. The summed E-state index contributed by atoms with van der Waals surface area (Å²) < 4.78 is 33.8. The van der Waals surface area contributed by atoms with Gasteiger partial charge in [0.15, 0.2) is 9.84 Å². The Morgan fingerprint density at radius 2 is 2.09 bits per heavy atom. The van der Waals surface area contributed by atoms with Crippen LogP contribution in [0.5, 0.6) is 0 Å². The summed E-state index contributed by atoms with van der Waals surface area (Å²) in [5, 5.41) is 6.74. The molecule has 1 aliphatic rings. The lowest BCUT2D eigenvalue weighted by Gasteiger charge is -2.21. The second-order valence-electron chi connectivity index (χ2n) is 7.77. The van der Waals surface area contributed by atoms with E-state index in [1.165, 1.54) is 25.9 Å². The molecule has 1 amide bonds. The number of carbonyl (C=O) groups excluding carboxylic acids is 1. The van der Waals surface area contributed by atoms with Crippen LogP contribution in [-0.2, 0) is 25.9 Å². The molecular formula is C21H24N6O5S. The van der Waals surface area contributed by atoms with Gasteiger partial charge >= 0.3 is 0 Å². The van der Waals surface area contributed by atoms with Gasteiger partial charge in [0.2, 0.25) is 11.7 Å². The van der Waals surface area contributed by atoms with E-state index in [0.29, 0.717) is 22.9 Å².